The zero-order valence-corrected chi connectivity index (χ0v) is 11.4. The quantitative estimate of drug-likeness (QED) is 0.890. The highest BCUT2D eigenvalue weighted by Gasteiger charge is 2.27. The second-order valence-electron chi connectivity index (χ2n) is 4.03. The number of hydrogen-bond donors (Lipinski definition) is 2. The fourth-order valence-corrected chi connectivity index (χ4v) is 3.04. The largest absolute Gasteiger partial charge is 0.388 e. The second-order valence-corrected chi connectivity index (χ2v) is 5.38. The van der Waals surface area contributed by atoms with Crippen molar-refractivity contribution >= 4 is 51.7 Å². The van der Waals surface area contributed by atoms with Gasteiger partial charge in [0.05, 0.1) is 52.8 Å². The van der Waals surface area contributed by atoms with Gasteiger partial charge in [-0.25, -0.2) is 0 Å². The summed E-state index contributed by atoms with van der Waals surface area (Å²) in [5.41, 5.74) is 1.87. The van der Waals surface area contributed by atoms with Gasteiger partial charge in [0.2, 0.25) is 0 Å². The Morgan fingerprint density at radius 2 is 2.06 bits per heavy atom. The number of aromatic nitrogens is 2. The van der Waals surface area contributed by atoms with Crippen LogP contribution in [-0.2, 0) is 4.74 Å². The van der Waals surface area contributed by atoms with Crippen molar-refractivity contribution in [2.24, 2.45) is 0 Å². The van der Waals surface area contributed by atoms with Gasteiger partial charge in [-0.05, 0) is 6.07 Å². The van der Waals surface area contributed by atoms with Gasteiger partial charge < -0.3 is 15.2 Å². The van der Waals surface area contributed by atoms with Crippen LogP contribution in [0.2, 0.25) is 10.0 Å². The molecule has 0 spiro atoms. The van der Waals surface area contributed by atoms with Crippen LogP contribution in [0.4, 0.5) is 5.69 Å². The molecule has 0 saturated carbocycles. The zero-order chi connectivity index (χ0) is 12.7. The molecule has 2 heterocycles. The monoisotopic (exact) mass is 305 g/mol. The SMILES string of the molecule is OC1COCC1Nc1c(Cl)cc(Cl)c2nsnc12. The van der Waals surface area contributed by atoms with E-state index in [1.54, 1.807) is 6.07 Å². The molecule has 2 atom stereocenters. The van der Waals surface area contributed by atoms with E-state index in [1.807, 2.05) is 0 Å². The van der Waals surface area contributed by atoms with Gasteiger partial charge in [0.1, 0.15) is 11.0 Å². The van der Waals surface area contributed by atoms with E-state index < -0.39 is 6.10 Å². The van der Waals surface area contributed by atoms with Gasteiger partial charge in [-0.3, -0.25) is 0 Å². The lowest BCUT2D eigenvalue weighted by molar-refractivity contribution is 0.125. The van der Waals surface area contributed by atoms with Crippen LogP contribution in [0.1, 0.15) is 0 Å². The van der Waals surface area contributed by atoms with Crippen molar-refractivity contribution in [1.29, 1.82) is 0 Å². The third-order valence-corrected chi connectivity index (χ3v) is 3.94. The molecular formula is C10H9Cl2N3O2S. The van der Waals surface area contributed by atoms with Crippen LogP contribution in [0, 0.1) is 0 Å². The maximum absolute atomic E-state index is 9.73. The molecule has 0 radical (unpaired) electrons. The van der Waals surface area contributed by atoms with Crippen molar-refractivity contribution in [1.82, 2.24) is 8.75 Å². The molecule has 2 aromatic rings. The summed E-state index contributed by atoms with van der Waals surface area (Å²) in [6, 6.07) is 1.42. The van der Waals surface area contributed by atoms with E-state index in [1.165, 1.54) is 0 Å². The molecule has 96 valence electrons. The molecule has 3 rings (SSSR count). The zero-order valence-electron chi connectivity index (χ0n) is 9.06. The Labute approximate surface area is 117 Å². The first-order valence-corrected chi connectivity index (χ1v) is 6.78. The van der Waals surface area contributed by atoms with Gasteiger partial charge in [0.15, 0.2) is 0 Å². The van der Waals surface area contributed by atoms with Crippen LogP contribution in [0.3, 0.4) is 0 Å². The van der Waals surface area contributed by atoms with Gasteiger partial charge in [-0.15, -0.1) is 0 Å². The van der Waals surface area contributed by atoms with Gasteiger partial charge in [0.25, 0.3) is 0 Å². The standard InChI is InChI=1S/C10H9Cl2N3O2S/c11-4-1-5(12)9-10(15-18-14-9)8(4)13-6-2-17-3-7(6)16/h1,6-7,13,16H,2-3H2. The van der Waals surface area contributed by atoms with Gasteiger partial charge in [-0.2, -0.15) is 8.75 Å². The fraction of sp³-hybridized carbons (Fsp3) is 0.400. The Hall–Kier alpha value is -0.660. The van der Waals surface area contributed by atoms with Crippen LogP contribution in [0.5, 0.6) is 0 Å². The van der Waals surface area contributed by atoms with Gasteiger partial charge in [-0.1, -0.05) is 23.2 Å². The van der Waals surface area contributed by atoms with Crippen LogP contribution >= 0.6 is 34.9 Å². The topological polar surface area (TPSA) is 67.3 Å². The summed E-state index contributed by atoms with van der Waals surface area (Å²) in [5, 5.41) is 13.8. The molecule has 1 aromatic carbocycles. The number of hydrogen-bond acceptors (Lipinski definition) is 6. The molecule has 1 aliphatic heterocycles. The first kappa shape index (κ1) is 12.4. The van der Waals surface area contributed by atoms with Crippen LogP contribution < -0.4 is 5.32 Å². The number of anilines is 1. The summed E-state index contributed by atoms with van der Waals surface area (Å²) in [6.45, 7) is 0.751. The Morgan fingerprint density at radius 1 is 1.28 bits per heavy atom. The molecule has 2 N–H and O–H groups in total. The maximum Gasteiger partial charge on any atom is 0.130 e. The molecular weight excluding hydrogens is 297 g/mol. The maximum atomic E-state index is 9.73. The minimum absolute atomic E-state index is 0.200. The lowest BCUT2D eigenvalue weighted by Crippen LogP contribution is -2.32. The van der Waals surface area contributed by atoms with Crippen LogP contribution in [0.25, 0.3) is 11.0 Å². The second kappa shape index (κ2) is 4.79. The van der Waals surface area contributed by atoms with E-state index >= 15 is 0 Å². The lowest BCUT2D eigenvalue weighted by atomic mass is 10.2. The summed E-state index contributed by atoms with van der Waals surface area (Å²) in [5.74, 6) is 0. The predicted octanol–water partition coefficient (Wildman–Crippen LogP) is 2.17. The van der Waals surface area contributed by atoms with E-state index in [0.717, 1.165) is 11.7 Å². The predicted molar refractivity (Wildman–Crippen MR) is 71.7 cm³/mol. The summed E-state index contributed by atoms with van der Waals surface area (Å²) < 4.78 is 13.5. The minimum Gasteiger partial charge on any atom is -0.388 e. The van der Waals surface area contributed by atoms with Crippen LogP contribution in [-0.4, -0.2) is 39.2 Å². The van der Waals surface area contributed by atoms with Crippen molar-refractivity contribution in [3.63, 3.8) is 0 Å². The van der Waals surface area contributed by atoms with Crippen molar-refractivity contribution in [3.8, 4) is 0 Å². The molecule has 0 amide bonds. The van der Waals surface area contributed by atoms with Crippen molar-refractivity contribution in [3.05, 3.63) is 16.1 Å². The normalized spacial score (nSPS) is 23.7. The lowest BCUT2D eigenvalue weighted by Gasteiger charge is -2.17. The summed E-state index contributed by atoms with van der Waals surface area (Å²) >= 11 is 13.3. The first-order valence-electron chi connectivity index (χ1n) is 5.29. The number of nitrogens with zero attached hydrogens (tertiary/aromatic N) is 2. The van der Waals surface area contributed by atoms with Gasteiger partial charge >= 0.3 is 0 Å². The Bertz CT molecular complexity index is 592. The Morgan fingerprint density at radius 3 is 2.78 bits per heavy atom. The molecule has 0 aliphatic carbocycles. The van der Waals surface area contributed by atoms with Gasteiger partial charge in [0, 0.05) is 0 Å². The summed E-state index contributed by atoms with van der Waals surface area (Å²) in [7, 11) is 0. The number of nitrogens with one attached hydrogen (secondary N) is 1. The van der Waals surface area contributed by atoms with E-state index in [9.17, 15) is 5.11 Å². The molecule has 5 nitrogen and oxygen atoms in total. The van der Waals surface area contributed by atoms with E-state index in [2.05, 4.69) is 14.1 Å². The molecule has 1 saturated heterocycles. The molecule has 1 fully saturated rings. The highest BCUT2D eigenvalue weighted by Crippen LogP contribution is 2.36. The fourth-order valence-electron chi connectivity index (χ4n) is 1.88. The van der Waals surface area contributed by atoms with Crippen molar-refractivity contribution < 1.29 is 9.84 Å². The summed E-state index contributed by atoms with van der Waals surface area (Å²) in [6.07, 6.45) is -0.557. The number of ether oxygens (including phenoxy) is 1. The highest BCUT2D eigenvalue weighted by molar-refractivity contribution is 7.00. The smallest absolute Gasteiger partial charge is 0.130 e. The number of benzene rings is 1. The highest BCUT2D eigenvalue weighted by atomic mass is 35.5. The molecule has 18 heavy (non-hydrogen) atoms. The number of aliphatic hydroxyl groups is 1. The first-order chi connectivity index (χ1) is 8.66. The molecule has 8 heteroatoms. The molecule has 1 aromatic heterocycles. The minimum atomic E-state index is -0.557. The van der Waals surface area contributed by atoms with Crippen molar-refractivity contribution in [2.45, 2.75) is 12.1 Å². The van der Waals surface area contributed by atoms with Crippen molar-refractivity contribution in [2.75, 3.05) is 18.5 Å². The third-order valence-electron chi connectivity index (χ3n) is 2.82. The number of fused-ring (bicyclic) bond motifs is 1. The molecule has 0 bridgehead atoms. The van der Waals surface area contributed by atoms with E-state index in [0.29, 0.717) is 40.0 Å². The van der Waals surface area contributed by atoms with Crippen LogP contribution in [0.15, 0.2) is 6.07 Å². The number of rotatable bonds is 2. The van der Waals surface area contributed by atoms with E-state index in [-0.39, 0.29) is 6.04 Å². The molecule has 2 unspecified atom stereocenters. The Kier molecular flexibility index (Phi) is 3.29. The third kappa shape index (κ3) is 2.04. The van der Waals surface area contributed by atoms with E-state index in [4.69, 9.17) is 27.9 Å². The Balaban J connectivity index is 2.03. The average Bonchev–Trinajstić information content (AvgIpc) is 2.93. The average molecular weight is 306 g/mol. The molecule has 1 aliphatic rings. The summed E-state index contributed by atoms with van der Waals surface area (Å²) in [4.78, 5) is 0. The number of halogens is 2. The number of aliphatic hydroxyl groups excluding tert-OH is 1.